The fourth-order valence-electron chi connectivity index (χ4n) is 1.83. The van der Waals surface area contributed by atoms with Crippen molar-refractivity contribution in [2.45, 2.75) is 25.8 Å². The molecule has 1 aliphatic carbocycles. The number of hydrazine groups is 1. The average molecular weight is 255 g/mol. The van der Waals surface area contributed by atoms with Gasteiger partial charge in [0.25, 0.3) is 5.91 Å². The number of carbonyl (C=O) groups excluding carboxylic acids is 1. The van der Waals surface area contributed by atoms with Gasteiger partial charge in [0.05, 0.1) is 0 Å². The van der Waals surface area contributed by atoms with Gasteiger partial charge in [-0.3, -0.25) is 4.79 Å². The first-order valence-corrected chi connectivity index (χ1v) is 5.97. The second-order valence-electron chi connectivity index (χ2n) is 4.19. The first-order chi connectivity index (χ1) is 8.13. The molecule has 4 N–H and O–H groups in total. The number of nitrogens with two attached hydrogens (primary N) is 1. The number of nitrogen functional groups attached to an aromatic ring is 1. The van der Waals surface area contributed by atoms with E-state index in [0.717, 1.165) is 12.8 Å². The molecule has 0 radical (unpaired) electrons. The molecule has 1 aromatic heterocycles. The lowest BCUT2D eigenvalue weighted by molar-refractivity contribution is 0.0949. The molecule has 1 amide bonds. The van der Waals surface area contributed by atoms with Crippen molar-refractivity contribution in [2.24, 2.45) is 11.8 Å². The molecule has 1 aliphatic rings. The van der Waals surface area contributed by atoms with E-state index in [1.165, 1.54) is 6.07 Å². The maximum absolute atomic E-state index is 11.9. The smallest absolute Gasteiger partial charge is 0.251 e. The summed E-state index contributed by atoms with van der Waals surface area (Å²) in [6.45, 7) is 2.12. The number of carbonyl (C=O) groups is 1. The van der Waals surface area contributed by atoms with Crippen LogP contribution in [0.5, 0.6) is 0 Å². The first-order valence-electron chi connectivity index (χ1n) is 5.59. The zero-order valence-electron chi connectivity index (χ0n) is 9.53. The highest BCUT2D eigenvalue weighted by atomic mass is 35.5. The van der Waals surface area contributed by atoms with Crippen LogP contribution in [0.1, 0.15) is 30.1 Å². The molecule has 92 valence electrons. The molecule has 2 atom stereocenters. The lowest BCUT2D eigenvalue weighted by Crippen LogP contribution is -2.27. The van der Waals surface area contributed by atoms with Crippen LogP contribution in [0.3, 0.4) is 0 Å². The van der Waals surface area contributed by atoms with Gasteiger partial charge in [0.2, 0.25) is 0 Å². The largest absolute Gasteiger partial charge is 0.349 e. The Balaban J connectivity index is 2.06. The van der Waals surface area contributed by atoms with Gasteiger partial charge >= 0.3 is 0 Å². The fraction of sp³-hybridized carbons (Fsp3) is 0.455. The maximum Gasteiger partial charge on any atom is 0.251 e. The van der Waals surface area contributed by atoms with Crippen molar-refractivity contribution in [3.05, 3.63) is 22.8 Å². The van der Waals surface area contributed by atoms with Gasteiger partial charge in [-0.15, -0.1) is 0 Å². The van der Waals surface area contributed by atoms with Crippen LogP contribution >= 0.6 is 11.6 Å². The molecular formula is C11H15ClN4O. The predicted molar refractivity (Wildman–Crippen MR) is 66.7 cm³/mol. The molecule has 2 unspecified atom stereocenters. The number of hydrogen-bond acceptors (Lipinski definition) is 4. The molecule has 0 bridgehead atoms. The van der Waals surface area contributed by atoms with Gasteiger partial charge in [0.1, 0.15) is 11.0 Å². The standard InChI is InChI=1S/C11H15ClN4O/c1-2-6-3-8(6)14-11(17)7-4-9(12)15-10(5-7)16-13/h4-6,8H,2-3,13H2,1H3,(H,14,17)(H,15,16). The third-order valence-electron chi connectivity index (χ3n) is 2.97. The summed E-state index contributed by atoms with van der Waals surface area (Å²) in [7, 11) is 0. The Bertz CT molecular complexity index is 437. The van der Waals surface area contributed by atoms with E-state index >= 15 is 0 Å². The minimum atomic E-state index is -0.133. The Morgan fingerprint density at radius 2 is 2.41 bits per heavy atom. The highest BCUT2D eigenvalue weighted by Gasteiger charge is 2.36. The van der Waals surface area contributed by atoms with Crippen molar-refractivity contribution in [3.63, 3.8) is 0 Å². The summed E-state index contributed by atoms with van der Waals surface area (Å²) in [4.78, 5) is 15.8. The molecular weight excluding hydrogens is 240 g/mol. The van der Waals surface area contributed by atoms with Gasteiger partial charge < -0.3 is 10.7 Å². The summed E-state index contributed by atoms with van der Waals surface area (Å²) in [5, 5.41) is 3.20. The topological polar surface area (TPSA) is 80.0 Å². The van der Waals surface area contributed by atoms with Crippen molar-refractivity contribution in [2.75, 3.05) is 5.43 Å². The van der Waals surface area contributed by atoms with Crippen LogP contribution in [0.4, 0.5) is 5.82 Å². The number of anilines is 1. The Kier molecular flexibility index (Phi) is 3.49. The van der Waals surface area contributed by atoms with E-state index in [1.807, 2.05) is 0 Å². The van der Waals surface area contributed by atoms with Crippen LogP contribution in [0.25, 0.3) is 0 Å². The number of aromatic nitrogens is 1. The minimum Gasteiger partial charge on any atom is -0.349 e. The summed E-state index contributed by atoms with van der Waals surface area (Å²) in [6, 6.07) is 3.40. The highest BCUT2D eigenvalue weighted by molar-refractivity contribution is 6.29. The molecule has 1 aromatic rings. The third kappa shape index (κ3) is 2.87. The molecule has 0 spiro atoms. The minimum absolute atomic E-state index is 0.133. The van der Waals surface area contributed by atoms with Gasteiger partial charge in [0, 0.05) is 11.6 Å². The van der Waals surface area contributed by atoms with E-state index < -0.39 is 0 Å². The predicted octanol–water partition coefficient (Wildman–Crippen LogP) is 1.55. The van der Waals surface area contributed by atoms with Gasteiger partial charge in [-0.1, -0.05) is 24.9 Å². The SMILES string of the molecule is CCC1CC1NC(=O)c1cc(Cl)nc(NN)c1. The van der Waals surface area contributed by atoms with Crippen LogP contribution in [0.2, 0.25) is 5.15 Å². The van der Waals surface area contributed by atoms with Gasteiger partial charge in [-0.2, -0.15) is 0 Å². The molecule has 17 heavy (non-hydrogen) atoms. The number of nitrogens with one attached hydrogen (secondary N) is 2. The second kappa shape index (κ2) is 4.89. The number of halogens is 1. The van der Waals surface area contributed by atoms with E-state index in [0.29, 0.717) is 23.3 Å². The zero-order valence-corrected chi connectivity index (χ0v) is 10.3. The van der Waals surface area contributed by atoms with Gasteiger partial charge in [-0.05, 0) is 24.5 Å². The summed E-state index contributed by atoms with van der Waals surface area (Å²) >= 11 is 5.79. The van der Waals surface area contributed by atoms with E-state index in [1.54, 1.807) is 6.07 Å². The quantitative estimate of drug-likeness (QED) is 0.433. The molecule has 1 saturated carbocycles. The Hall–Kier alpha value is -1.33. The van der Waals surface area contributed by atoms with Crippen LogP contribution in [-0.2, 0) is 0 Å². The average Bonchev–Trinajstić information content (AvgIpc) is 3.06. The Morgan fingerprint density at radius 1 is 1.65 bits per heavy atom. The lowest BCUT2D eigenvalue weighted by Gasteiger charge is -2.06. The summed E-state index contributed by atoms with van der Waals surface area (Å²) < 4.78 is 0. The van der Waals surface area contributed by atoms with Crippen molar-refractivity contribution in [1.29, 1.82) is 0 Å². The molecule has 5 nitrogen and oxygen atoms in total. The van der Waals surface area contributed by atoms with Crippen molar-refractivity contribution in [3.8, 4) is 0 Å². The number of nitrogens with zero attached hydrogens (tertiary/aromatic N) is 1. The normalized spacial score (nSPS) is 22.1. The third-order valence-corrected chi connectivity index (χ3v) is 3.16. The molecule has 1 fully saturated rings. The van der Waals surface area contributed by atoms with E-state index in [9.17, 15) is 4.79 Å². The van der Waals surface area contributed by atoms with Gasteiger partial charge in [-0.25, -0.2) is 10.8 Å². The monoisotopic (exact) mass is 254 g/mol. The number of pyridine rings is 1. The molecule has 0 aliphatic heterocycles. The number of hydrogen-bond donors (Lipinski definition) is 3. The molecule has 6 heteroatoms. The van der Waals surface area contributed by atoms with Crippen molar-refractivity contribution in [1.82, 2.24) is 10.3 Å². The first kappa shape index (κ1) is 12.1. The van der Waals surface area contributed by atoms with E-state index in [4.69, 9.17) is 17.4 Å². The highest BCUT2D eigenvalue weighted by Crippen LogP contribution is 2.33. The van der Waals surface area contributed by atoms with Crippen molar-refractivity contribution >= 4 is 23.3 Å². The lowest BCUT2D eigenvalue weighted by atomic mass is 10.2. The zero-order chi connectivity index (χ0) is 12.4. The fourth-order valence-corrected chi connectivity index (χ4v) is 2.04. The van der Waals surface area contributed by atoms with Crippen molar-refractivity contribution < 1.29 is 4.79 Å². The van der Waals surface area contributed by atoms with Gasteiger partial charge in [0.15, 0.2) is 0 Å². The summed E-state index contributed by atoms with van der Waals surface area (Å²) in [6.07, 6.45) is 2.15. The second-order valence-corrected chi connectivity index (χ2v) is 4.58. The Morgan fingerprint density at radius 3 is 3.00 bits per heavy atom. The number of rotatable bonds is 4. The summed E-state index contributed by atoms with van der Waals surface area (Å²) in [5.41, 5.74) is 2.85. The Labute approximate surface area is 105 Å². The molecule has 0 aromatic carbocycles. The van der Waals surface area contributed by atoms with E-state index in [2.05, 4.69) is 22.7 Å². The molecule has 2 rings (SSSR count). The van der Waals surface area contributed by atoms with Crippen LogP contribution in [0.15, 0.2) is 12.1 Å². The van der Waals surface area contributed by atoms with E-state index in [-0.39, 0.29) is 11.1 Å². The molecule has 0 saturated heterocycles. The van der Waals surface area contributed by atoms with Crippen LogP contribution in [-0.4, -0.2) is 16.9 Å². The maximum atomic E-state index is 11.9. The number of amides is 1. The van der Waals surface area contributed by atoms with Crippen LogP contribution in [0, 0.1) is 5.92 Å². The van der Waals surface area contributed by atoms with Crippen LogP contribution < -0.4 is 16.6 Å². The molecule has 1 heterocycles. The summed E-state index contributed by atoms with van der Waals surface area (Å²) in [5.74, 6) is 6.10.